The number of rotatable bonds is 7. The highest BCUT2D eigenvalue weighted by molar-refractivity contribution is 6.21. The molecule has 2 amide bonds. The normalized spacial score (nSPS) is 13.6. The Hall–Kier alpha value is -3.15. The fourth-order valence-electron chi connectivity index (χ4n) is 3.49. The van der Waals surface area contributed by atoms with Gasteiger partial charge >= 0.3 is 0 Å². The van der Waals surface area contributed by atoms with Crippen molar-refractivity contribution < 1.29 is 9.59 Å². The van der Waals surface area contributed by atoms with Crippen LogP contribution in [0.4, 0.5) is 0 Å². The predicted molar refractivity (Wildman–Crippen MR) is 115 cm³/mol. The topological polar surface area (TPSA) is 73.8 Å². The van der Waals surface area contributed by atoms with Gasteiger partial charge in [-0.1, -0.05) is 35.9 Å². The summed E-state index contributed by atoms with van der Waals surface area (Å²) in [7, 11) is 1.75. The van der Waals surface area contributed by atoms with E-state index in [0.29, 0.717) is 24.2 Å². The predicted octanol–water partition coefficient (Wildman–Crippen LogP) is 3.04. The van der Waals surface area contributed by atoms with Crippen molar-refractivity contribution >= 4 is 17.8 Å². The number of hydrogen-bond acceptors (Lipinski definition) is 3. The Labute approximate surface area is 172 Å². The van der Waals surface area contributed by atoms with E-state index in [1.165, 1.54) is 21.6 Å². The van der Waals surface area contributed by atoms with Gasteiger partial charge in [0.1, 0.15) is 0 Å². The first-order valence-corrected chi connectivity index (χ1v) is 9.97. The molecule has 3 rings (SSSR count). The number of unbranched alkanes of at least 4 members (excludes halogenated alkanes) is 1. The molecule has 29 heavy (non-hydrogen) atoms. The lowest BCUT2D eigenvalue weighted by Gasteiger charge is -2.15. The van der Waals surface area contributed by atoms with Crippen molar-refractivity contribution in [2.24, 2.45) is 4.99 Å². The molecule has 1 aliphatic rings. The van der Waals surface area contributed by atoms with E-state index in [1.807, 2.05) is 0 Å². The molecule has 6 nitrogen and oxygen atoms in total. The maximum atomic E-state index is 12.4. The Morgan fingerprint density at radius 2 is 1.66 bits per heavy atom. The van der Waals surface area contributed by atoms with E-state index in [4.69, 9.17) is 0 Å². The first kappa shape index (κ1) is 20.6. The van der Waals surface area contributed by atoms with Crippen LogP contribution in [0, 0.1) is 13.8 Å². The lowest BCUT2D eigenvalue weighted by atomic mass is 10.1. The van der Waals surface area contributed by atoms with Gasteiger partial charge in [-0.2, -0.15) is 0 Å². The second kappa shape index (κ2) is 9.37. The maximum absolute atomic E-state index is 12.4. The Morgan fingerprint density at radius 3 is 2.28 bits per heavy atom. The molecule has 2 aromatic carbocycles. The largest absolute Gasteiger partial charge is 0.356 e. The zero-order valence-electron chi connectivity index (χ0n) is 17.3. The average molecular weight is 393 g/mol. The molecule has 0 fully saturated rings. The van der Waals surface area contributed by atoms with Gasteiger partial charge in [0.25, 0.3) is 11.8 Å². The monoisotopic (exact) mass is 392 g/mol. The van der Waals surface area contributed by atoms with Gasteiger partial charge in [-0.15, -0.1) is 0 Å². The van der Waals surface area contributed by atoms with Crippen molar-refractivity contribution in [1.29, 1.82) is 0 Å². The van der Waals surface area contributed by atoms with E-state index in [2.05, 4.69) is 47.7 Å². The summed E-state index contributed by atoms with van der Waals surface area (Å²) in [6, 6.07) is 13.4. The lowest BCUT2D eigenvalue weighted by Crippen LogP contribution is -2.37. The summed E-state index contributed by atoms with van der Waals surface area (Å²) in [5.41, 5.74) is 4.77. The van der Waals surface area contributed by atoms with Gasteiger partial charge < -0.3 is 10.6 Å². The Morgan fingerprint density at radius 1 is 0.966 bits per heavy atom. The molecule has 0 saturated heterocycles. The van der Waals surface area contributed by atoms with Crippen LogP contribution in [0.15, 0.2) is 47.5 Å². The smallest absolute Gasteiger partial charge is 0.261 e. The van der Waals surface area contributed by atoms with E-state index >= 15 is 0 Å². The minimum Gasteiger partial charge on any atom is -0.356 e. The number of fused-ring (bicyclic) bond motifs is 1. The number of aryl methyl sites for hydroxylation is 2. The van der Waals surface area contributed by atoms with Crippen molar-refractivity contribution in [2.45, 2.75) is 33.2 Å². The van der Waals surface area contributed by atoms with Crippen molar-refractivity contribution in [3.05, 3.63) is 70.3 Å². The molecule has 0 saturated carbocycles. The second-order valence-electron chi connectivity index (χ2n) is 7.30. The summed E-state index contributed by atoms with van der Waals surface area (Å²) in [5.74, 6) is 0.361. The summed E-state index contributed by atoms with van der Waals surface area (Å²) < 4.78 is 0. The van der Waals surface area contributed by atoms with E-state index in [1.54, 1.807) is 31.3 Å². The van der Waals surface area contributed by atoms with Gasteiger partial charge in [-0.3, -0.25) is 19.5 Å². The molecule has 0 unspecified atom stereocenters. The van der Waals surface area contributed by atoms with Crippen LogP contribution in [0.1, 0.15) is 50.2 Å². The van der Waals surface area contributed by atoms with Crippen molar-refractivity contribution in [3.8, 4) is 0 Å². The van der Waals surface area contributed by atoms with Crippen molar-refractivity contribution in [3.63, 3.8) is 0 Å². The van der Waals surface area contributed by atoms with E-state index in [9.17, 15) is 9.59 Å². The van der Waals surface area contributed by atoms with E-state index in [-0.39, 0.29) is 11.8 Å². The maximum Gasteiger partial charge on any atom is 0.261 e. The van der Waals surface area contributed by atoms with Crippen LogP contribution in [-0.4, -0.2) is 42.8 Å². The van der Waals surface area contributed by atoms with Gasteiger partial charge in [0, 0.05) is 26.7 Å². The van der Waals surface area contributed by atoms with E-state index < -0.39 is 0 Å². The second-order valence-corrected chi connectivity index (χ2v) is 7.30. The third-order valence-corrected chi connectivity index (χ3v) is 5.15. The van der Waals surface area contributed by atoms with Crippen LogP contribution in [-0.2, 0) is 6.54 Å². The molecule has 1 heterocycles. The number of benzene rings is 2. The molecule has 0 spiro atoms. The molecule has 0 bridgehead atoms. The molecule has 0 atom stereocenters. The minimum absolute atomic E-state index is 0.190. The summed E-state index contributed by atoms with van der Waals surface area (Å²) >= 11 is 0. The Bertz CT molecular complexity index is 901. The molecule has 1 aliphatic heterocycles. The number of hydrogen-bond donors (Lipinski definition) is 2. The highest BCUT2D eigenvalue weighted by atomic mass is 16.2. The first-order valence-electron chi connectivity index (χ1n) is 9.97. The molecule has 0 aromatic heterocycles. The molecular weight excluding hydrogens is 364 g/mol. The quantitative estimate of drug-likeness (QED) is 0.329. The van der Waals surface area contributed by atoms with Crippen LogP contribution in [0.25, 0.3) is 0 Å². The Balaban J connectivity index is 1.40. The average Bonchev–Trinajstić information content (AvgIpc) is 2.96. The van der Waals surface area contributed by atoms with Crippen molar-refractivity contribution in [2.75, 3.05) is 20.1 Å². The highest BCUT2D eigenvalue weighted by Gasteiger charge is 2.34. The van der Waals surface area contributed by atoms with Gasteiger partial charge in [0.2, 0.25) is 0 Å². The molecule has 152 valence electrons. The lowest BCUT2D eigenvalue weighted by molar-refractivity contribution is 0.0652. The molecule has 6 heteroatoms. The number of carbonyl (C=O) groups excluding carboxylic acids is 2. The summed E-state index contributed by atoms with van der Waals surface area (Å²) in [6.45, 7) is 6.06. The number of aliphatic imine (C=N–C) groups is 1. The zero-order valence-corrected chi connectivity index (χ0v) is 17.3. The molecular formula is C23H28N4O2. The fraction of sp³-hybridized carbons (Fsp3) is 0.348. The zero-order chi connectivity index (χ0) is 20.8. The van der Waals surface area contributed by atoms with Gasteiger partial charge in [0.15, 0.2) is 5.96 Å². The summed E-state index contributed by atoms with van der Waals surface area (Å²) in [5, 5.41) is 6.61. The fourth-order valence-corrected chi connectivity index (χ4v) is 3.49. The first-order chi connectivity index (χ1) is 14.0. The molecule has 2 N–H and O–H groups in total. The standard InChI is InChI=1S/C23H28N4O2/c1-16-10-11-18(17(2)14-16)15-26-23(24-3)25-12-6-7-13-27-21(28)19-8-4-5-9-20(19)22(27)29/h4-5,8-11,14H,6-7,12-13,15H2,1-3H3,(H2,24,25,26). The van der Waals surface area contributed by atoms with E-state index in [0.717, 1.165) is 25.3 Å². The SMILES string of the molecule is CN=C(NCCCCN1C(=O)c2ccccc2C1=O)NCc1ccc(C)cc1C. The van der Waals surface area contributed by atoms with Gasteiger partial charge in [-0.05, 0) is 49.9 Å². The van der Waals surface area contributed by atoms with Crippen molar-refractivity contribution in [1.82, 2.24) is 15.5 Å². The van der Waals surface area contributed by atoms with Crippen LogP contribution < -0.4 is 10.6 Å². The number of guanidine groups is 1. The van der Waals surface area contributed by atoms with Crippen LogP contribution >= 0.6 is 0 Å². The minimum atomic E-state index is -0.190. The number of nitrogens with one attached hydrogen (secondary N) is 2. The summed E-state index contributed by atoms with van der Waals surface area (Å²) in [4.78, 5) is 30.3. The third kappa shape index (κ3) is 4.83. The highest BCUT2D eigenvalue weighted by Crippen LogP contribution is 2.22. The van der Waals surface area contributed by atoms with Gasteiger partial charge in [-0.25, -0.2) is 0 Å². The third-order valence-electron chi connectivity index (χ3n) is 5.15. The van der Waals surface area contributed by atoms with Crippen LogP contribution in [0.2, 0.25) is 0 Å². The number of carbonyl (C=O) groups is 2. The molecule has 2 aromatic rings. The molecule has 0 aliphatic carbocycles. The summed E-state index contributed by atoms with van der Waals surface area (Å²) in [6.07, 6.45) is 1.57. The Kier molecular flexibility index (Phi) is 6.65. The van der Waals surface area contributed by atoms with Crippen LogP contribution in [0.3, 0.4) is 0 Å². The molecule has 0 radical (unpaired) electrons. The van der Waals surface area contributed by atoms with Gasteiger partial charge in [0.05, 0.1) is 11.1 Å². The van der Waals surface area contributed by atoms with Crippen LogP contribution in [0.5, 0.6) is 0 Å². The number of amides is 2. The number of imide groups is 1. The number of nitrogens with zero attached hydrogens (tertiary/aromatic N) is 2.